The predicted molar refractivity (Wildman–Crippen MR) is 45.2 cm³/mol. The molecule has 0 aliphatic heterocycles. The largest absolute Gasteiger partial charge is 0.287 e. The summed E-state index contributed by atoms with van der Waals surface area (Å²) in [6.45, 7) is -1.75. The Balaban J connectivity index is 0.000000424. The number of halogens is 3. The molecule has 0 N–H and O–H groups in total. The average Bonchev–Trinajstić information content (AvgIpc) is 2.06. The molecule has 6 heteroatoms. The van der Waals surface area contributed by atoms with Gasteiger partial charge in [0.1, 0.15) is 5.02 Å². The van der Waals surface area contributed by atoms with E-state index in [2.05, 4.69) is 0 Å². The van der Waals surface area contributed by atoms with E-state index in [4.69, 9.17) is 11.6 Å². The van der Waals surface area contributed by atoms with E-state index >= 15 is 0 Å². The lowest BCUT2D eigenvalue weighted by Crippen LogP contribution is -1.87. The third-order valence-corrected chi connectivity index (χ3v) is 1.37. The first-order valence-electron chi connectivity index (χ1n) is 3.14. The molecule has 72 valence electrons. The predicted octanol–water partition coefficient (Wildman–Crippen LogP) is 3.13. The topological polar surface area (TPSA) is 43.1 Å². The van der Waals surface area contributed by atoms with Gasteiger partial charge in [0.25, 0.3) is 5.69 Å². The van der Waals surface area contributed by atoms with Crippen LogP contribution in [0, 0.1) is 10.1 Å². The van der Waals surface area contributed by atoms with E-state index in [0.29, 0.717) is 0 Å². The van der Waals surface area contributed by atoms with Crippen molar-refractivity contribution in [2.75, 3.05) is 6.93 Å². The van der Waals surface area contributed by atoms with Gasteiger partial charge in [0, 0.05) is 6.07 Å². The van der Waals surface area contributed by atoms with Crippen molar-refractivity contribution in [3.05, 3.63) is 39.4 Å². The molecule has 1 rings (SSSR count). The van der Waals surface area contributed by atoms with Crippen LogP contribution in [-0.2, 0) is 0 Å². The van der Waals surface area contributed by atoms with Crippen LogP contribution < -0.4 is 0 Å². The lowest BCUT2D eigenvalue weighted by Gasteiger charge is -1.90. The molecule has 3 nitrogen and oxygen atoms in total. The molecule has 13 heavy (non-hydrogen) atoms. The van der Waals surface area contributed by atoms with Crippen molar-refractivity contribution in [1.82, 2.24) is 0 Å². The molecule has 0 saturated carbocycles. The quantitative estimate of drug-likeness (QED) is 0.527. The Morgan fingerprint density at radius 2 is 1.85 bits per heavy atom. The third-order valence-electron chi connectivity index (χ3n) is 1.05. The van der Waals surface area contributed by atoms with Crippen molar-refractivity contribution in [3.8, 4) is 0 Å². The van der Waals surface area contributed by atoms with E-state index in [9.17, 15) is 18.9 Å². The first-order valence-corrected chi connectivity index (χ1v) is 3.52. The Bertz CT molecular complexity index is 283. The number of nitro groups is 1. The SMILES string of the molecule is FCF.O=[N+]([O-])c1ccccc1Cl. The number of benzene rings is 1. The second kappa shape index (κ2) is 6.30. The summed E-state index contributed by atoms with van der Waals surface area (Å²) < 4.78 is 19.2. The minimum Gasteiger partial charge on any atom is -0.258 e. The Hall–Kier alpha value is -1.23. The third kappa shape index (κ3) is 4.37. The summed E-state index contributed by atoms with van der Waals surface area (Å²) in [6, 6.07) is 6.07. The van der Waals surface area contributed by atoms with E-state index in [1.54, 1.807) is 12.1 Å². The van der Waals surface area contributed by atoms with Crippen molar-refractivity contribution in [2.24, 2.45) is 0 Å². The zero-order valence-corrected chi connectivity index (χ0v) is 7.17. The molecule has 0 aromatic heterocycles. The Labute approximate surface area is 78.1 Å². The highest BCUT2D eigenvalue weighted by Crippen LogP contribution is 2.21. The monoisotopic (exact) mass is 209 g/mol. The van der Waals surface area contributed by atoms with E-state index in [0.717, 1.165) is 0 Å². The van der Waals surface area contributed by atoms with E-state index in [1.165, 1.54) is 12.1 Å². The molecule has 0 saturated heterocycles. The molecule has 0 fully saturated rings. The minimum absolute atomic E-state index is 0.0517. The molecule has 0 aliphatic rings. The molecule has 0 aliphatic carbocycles. The lowest BCUT2D eigenvalue weighted by molar-refractivity contribution is -0.384. The summed E-state index contributed by atoms with van der Waals surface area (Å²) in [7, 11) is 0. The number of para-hydroxylation sites is 1. The molecule has 0 radical (unpaired) electrons. The maximum atomic E-state index is 10.1. The molecule has 1 aromatic carbocycles. The second-order valence-corrected chi connectivity index (χ2v) is 2.22. The van der Waals surface area contributed by atoms with Crippen molar-refractivity contribution >= 4 is 17.3 Å². The number of nitro benzene ring substituents is 1. The van der Waals surface area contributed by atoms with Crippen molar-refractivity contribution in [1.29, 1.82) is 0 Å². The van der Waals surface area contributed by atoms with Gasteiger partial charge in [-0.2, -0.15) is 0 Å². The molecule has 0 heterocycles. The average molecular weight is 210 g/mol. The van der Waals surface area contributed by atoms with Gasteiger partial charge in [-0.3, -0.25) is 10.1 Å². The van der Waals surface area contributed by atoms with Crippen LogP contribution in [0.15, 0.2) is 24.3 Å². The summed E-state index contributed by atoms with van der Waals surface area (Å²) in [5.74, 6) is 0. The van der Waals surface area contributed by atoms with Crippen LogP contribution in [0.3, 0.4) is 0 Å². The summed E-state index contributed by atoms with van der Waals surface area (Å²) in [5, 5.41) is 10.3. The smallest absolute Gasteiger partial charge is 0.258 e. The maximum Gasteiger partial charge on any atom is 0.287 e. The molecule has 0 bridgehead atoms. The highest BCUT2D eigenvalue weighted by atomic mass is 35.5. The van der Waals surface area contributed by atoms with Gasteiger partial charge >= 0.3 is 0 Å². The summed E-state index contributed by atoms with van der Waals surface area (Å²) in [4.78, 5) is 9.63. The van der Waals surface area contributed by atoms with Gasteiger partial charge in [0.15, 0.2) is 0 Å². The van der Waals surface area contributed by atoms with Crippen molar-refractivity contribution in [3.63, 3.8) is 0 Å². The highest BCUT2D eigenvalue weighted by Gasteiger charge is 2.08. The zero-order valence-electron chi connectivity index (χ0n) is 6.41. The fraction of sp³-hybridized carbons (Fsp3) is 0.143. The van der Waals surface area contributed by atoms with Gasteiger partial charge in [-0.05, 0) is 6.07 Å². The van der Waals surface area contributed by atoms with Gasteiger partial charge in [-0.15, -0.1) is 0 Å². The Kier molecular flexibility index (Phi) is 5.71. The summed E-state index contributed by atoms with van der Waals surface area (Å²) in [6.07, 6.45) is 0. The van der Waals surface area contributed by atoms with Gasteiger partial charge in [-0.1, -0.05) is 23.7 Å². The van der Waals surface area contributed by atoms with Crippen molar-refractivity contribution < 1.29 is 13.7 Å². The summed E-state index contributed by atoms with van der Waals surface area (Å²) >= 11 is 5.48. The maximum absolute atomic E-state index is 10.1. The Morgan fingerprint density at radius 1 is 1.38 bits per heavy atom. The number of nitrogens with zero attached hydrogens (tertiary/aromatic N) is 1. The van der Waals surface area contributed by atoms with Crippen molar-refractivity contribution in [2.45, 2.75) is 0 Å². The fourth-order valence-corrected chi connectivity index (χ4v) is 0.805. The molecular weight excluding hydrogens is 204 g/mol. The van der Waals surface area contributed by atoms with Crippen LogP contribution in [-0.4, -0.2) is 11.9 Å². The number of hydrogen-bond acceptors (Lipinski definition) is 2. The highest BCUT2D eigenvalue weighted by molar-refractivity contribution is 6.32. The van der Waals surface area contributed by atoms with Gasteiger partial charge in [0.05, 0.1) is 4.92 Å². The van der Waals surface area contributed by atoms with E-state index in [-0.39, 0.29) is 10.7 Å². The van der Waals surface area contributed by atoms with E-state index in [1.807, 2.05) is 0 Å². The van der Waals surface area contributed by atoms with Gasteiger partial charge < -0.3 is 0 Å². The van der Waals surface area contributed by atoms with Crippen LogP contribution in [0.1, 0.15) is 0 Å². The van der Waals surface area contributed by atoms with Crippen LogP contribution in [0.25, 0.3) is 0 Å². The fourth-order valence-electron chi connectivity index (χ4n) is 0.600. The first kappa shape index (κ1) is 11.8. The Morgan fingerprint density at radius 3 is 2.15 bits per heavy atom. The molecule has 0 unspecified atom stereocenters. The van der Waals surface area contributed by atoms with Crippen LogP contribution >= 0.6 is 11.6 Å². The van der Waals surface area contributed by atoms with Crippen LogP contribution in [0.4, 0.5) is 14.5 Å². The van der Waals surface area contributed by atoms with Crippen LogP contribution in [0.2, 0.25) is 5.02 Å². The van der Waals surface area contributed by atoms with Crippen LogP contribution in [0.5, 0.6) is 0 Å². The van der Waals surface area contributed by atoms with Gasteiger partial charge in [0.2, 0.25) is 6.93 Å². The second-order valence-electron chi connectivity index (χ2n) is 1.81. The standard InChI is InChI=1S/C6H4ClNO2.CH2F2/c7-5-3-1-2-4-6(5)8(9)10;2-1-3/h1-4H;1H2. The molecule has 0 spiro atoms. The molecule has 0 atom stereocenters. The zero-order chi connectivity index (χ0) is 10.3. The molecular formula is C7H6ClF2NO2. The normalized spacial score (nSPS) is 8.54. The number of alkyl halides is 2. The molecule has 0 amide bonds. The number of rotatable bonds is 1. The van der Waals surface area contributed by atoms with Gasteiger partial charge in [-0.25, -0.2) is 8.78 Å². The van der Waals surface area contributed by atoms with E-state index < -0.39 is 11.9 Å². The summed E-state index contributed by atoms with van der Waals surface area (Å²) in [5.41, 5.74) is -0.0517. The minimum atomic E-state index is -1.75. The first-order chi connectivity index (χ1) is 6.13. The molecule has 1 aromatic rings. The lowest BCUT2D eigenvalue weighted by atomic mass is 10.3. The number of hydrogen-bond donors (Lipinski definition) is 0.